The molecule has 3 nitrogen and oxygen atoms in total. The van der Waals surface area contributed by atoms with Gasteiger partial charge in [0.1, 0.15) is 5.75 Å². The van der Waals surface area contributed by atoms with Crippen molar-refractivity contribution in [1.29, 1.82) is 0 Å². The Balaban J connectivity index is 1.79. The Hall–Kier alpha value is -1.39. The van der Waals surface area contributed by atoms with Crippen LogP contribution in [0, 0.1) is 6.92 Å². The molecule has 1 aromatic heterocycles. The number of hydrogen-bond donors (Lipinski definition) is 1. The topological polar surface area (TPSA) is 34.2 Å². The minimum atomic E-state index is 0.388. The van der Waals surface area contributed by atoms with E-state index in [1.54, 1.807) is 11.3 Å². The SMILES string of the molecule is CCCNC(Cc1nc(C)cs1)C1COc2ccccc21. The lowest BCUT2D eigenvalue weighted by Gasteiger charge is -2.23. The van der Waals surface area contributed by atoms with Crippen LogP contribution in [0.5, 0.6) is 5.75 Å². The van der Waals surface area contributed by atoms with Gasteiger partial charge in [0.2, 0.25) is 0 Å². The molecular formula is C17H22N2OS. The number of fused-ring (bicyclic) bond motifs is 1. The summed E-state index contributed by atoms with van der Waals surface area (Å²) in [7, 11) is 0. The first kappa shape index (κ1) is 14.5. The molecule has 4 heteroatoms. The maximum absolute atomic E-state index is 5.86. The molecular weight excluding hydrogens is 280 g/mol. The summed E-state index contributed by atoms with van der Waals surface area (Å²) in [6.45, 7) is 6.07. The van der Waals surface area contributed by atoms with Crippen molar-refractivity contribution in [3.05, 3.63) is 45.9 Å². The van der Waals surface area contributed by atoms with Crippen LogP contribution in [0.3, 0.4) is 0 Å². The summed E-state index contributed by atoms with van der Waals surface area (Å²) in [4.78, 5) is 4.62. The standard InChI is InChI=1S/C17H22N2OS/c1-3-8-18-15(9-17-19-12(2)11-21-17)14-10-20-16-7-5-4-6-13(14)16/h4-7,11,14-15,18H,3,8-10H2,1-2H3. The number of aromatic nitrogens is 1. The molecule has 0 radical (unpaired) electrons. The van der Waals surface area contributed by atoms with E-state index in [2.05, 4.69) is 47.7 Å². The fourth-order valence-electron chi connectivity index (χ4n) is 2.89. The van der Waals surface area contributed by atoms with E-state index in [1.807, 2.05) is 6.07 Å². The van der Waals surface area contributed by atoms with Crippen molar-refractivity contribution in [2.24, 2.45) is 0 Å². The second-order valence-corrected chi connectivity index (χ2v) is 6.55. The van der Waals surface area contributed by atoms with E-state index in [-0.39, 0.29) is 0 Å². The minimum Gasteiger partial charge on any atom is -0.493 e. The van der Waals surface area contributed by atoms with E-state index in [0.717, 1.165) is 37.4 Å². The van der Waals surface area contributed by atoms with Crippen LogP contribution in [-0.2, 0) is 6.42 Å². The van der Waals surface area contributed by atoms with Gasteiger partial charge in [0.05, 0.1) is 11.6 Å². The van der Waals surface area contributed by atoms with E-state index in [0.29, 0.717) is 12.0 Å². The number of para-hydroxylation sites is 1. The van der Waals surface area contributed by atoms with Crippen LogP contribution in [-0.4, -0.2) is 24.2 Å². The number of rotatable bonds is 6. The Bertz CT molecular complexity index is 596. The molecule has 2 unspecified atom stereocenters. The molecule has 0 saturated heterocycles. The number of ether oxygens (including phenoxy) is 1. The Morgan fingerprint density at radius 2 is 2.29 bits per heavy atom. The highest BCUT2D eigenvalue weighted by Crippen LogP contribution is 2.36. The zero-order valence-corrected chi connectivity index (χ0v) is 13.5. The van der Waals surface area contributed by atoms with Gasteiger partial charge in [-0.15, -0.1) is 11.3 Å². The molecule has 2 atom stereocenters. The molecule has 0 fully saturated rings. The molecule has 3 rings (SSSR count). The third-order valence-corrected chi connectivity index (χ3v) is 4.93. The number of nitrogens with zero attached hydrogens (tertiary/aromatic N) is 1. The lowest BCUT2D eigenvalue weighted by Crippen LogP contribution is -2.38. The van der Waals surface area contributed by atoms with Gasteiger partial charge in [-0.2, -0.15) is 0 Å². The quantitative estimate of drug-likeness (QED) is 0.886. The molecule has 0 aliphatic carbocycles. The number of benzene rings is 1. The first-order chi connectivity index (χ1) is 10.3. The monoisotopic (exact) mass is 302 g/mol. The summed E-state index contributed by atoms with van der Waals surface area (Å²) in [5.74, 6) is 1.46. The van der Waals surface area contributed by atoms with Crippen LogP contribution >= 0.6 is 11.3 Å². The van der Waals surface area contributed by atoms with Gasteiger partial charge in [0.15, 0.2) is 0 Å². The van der Waals surface area contributed by atoms with Gasteiger partial charge in [-0.05, 0) is 26.0 Å². The van der Waals surface area contributed by atoms with Gasteiger partial charge in [-0.25, -0.2) is 4.98 Å². The lowest BCUT2D eigenvalue weighted by atomic mass is 9.91. The molecule has 0 bridgehead atoms. The van der Waals surface area contributed by atoms with Crippen LogP contribution in [0.25, 0.3) is 0 Å². The molecule has 0 amide bonds. The first-order valence-electron chi connectivity index (χ1n) is 7.64. The van der Waals surface area contributed by atoms with Crippen molar-refractivity contribution in [1.82, 2.24) is 10.3 Å². The van der Waals surface area contributed by atoms with E-state index < -0.39 is 0 Å². The summed E-state index contributed by atoms with van der Waals surface area (Å²) >= 11 is 1.76. The zero-order valence-electron chi connectivity index (χ0n) is 12.6. The fraction of sp³-hybridized carbons (Fsp3) is 0.471. The Kier molecular flexibility index (Phi) is 4.56. The summed E-state index contributed by atoms with van der Waals surface area (Å²) in [6, 6.07) is 8.80. The molecule has 112 valence electrons. The van der Waals surface area contributed by atoms with Crippen LogP contribution < -0.4 is 10.1 Å². The Morgan fingerprint density at radius 3 is 3.05 bits per heavy atom. The number of hydrogen-bond acceptors (Lipinski definition) is 4. The molecule has 0 spiro atoms. The number of thiazole rings is 1. The van der Waals surface area contributed by atoms with Crippen molar-refractivity contribution in [3.8, 4) is 5.75 Å². The zero-order chi connectivity index (χ0) is 14.7. The molecule has 1 N–H and O–H groups in total. The van der Waals surface area contributed by atoms with Gasteiger partial charge >= 0.3 is 0 Å². The molecule has 2 aromatic rings. The van der Waals surface area contributed by atoms with Gasteiger partial charge in [0, 0.05) is 35.0 Å². The number of aryl methyl sites for hydroxylation is 1. The second kappa shape index (κ2) is 6.58. The van der Waals surface area contributed by atoms with Crippen LogP contribution in [0.1, 0.15) is 35.5 Å². The normalized spacial score (nSPS) is 18.3. The average Bonchev–Trinajstić information content (AvgIpc) is 3.09. The van der Waals surface area contributed by atoms with Gasteiger partial charge in [-0.3, -0.25) is 0 Å². The Morgan fingerprint density at radius 1 is 1.43 bits per heavy atom. The minimum absolute atomic E-state index is 0.388. The Labute approximate surface area is 130 Å². The highest BCUT2D eigenvalue weighted by Gasteiger charge is 2.31. The maximum atomic E-state index is 5.86. The maximum Gasteiger partial charge on any atom is 0.122 e. The van der Waals surface area contributed by atoms with Gasteiger partial charge < -0.3 is 10.1 Å². The molecule has 1 aliphatic rings. The molecule has 21 heavy (non-hydrogen) atoms. The molecule has 0 saturated carbocycles. The van der Waals surface area contributed by atoms with Crippen molar-refractivity contribution in [2.75, 3.05) is 13.2 Å². The van der Waals surface area contributed by atoms with E-state index in [4.69, 9.17) is 4.74 Å². The molecule has 1 aliphatic heterocycles. The third kappa shape index (κ3) is 3.27. The summed E-state index contributed by atoms with van der Waals surface area (Å²) in [6.07, 6.45) is 2.11. The molecule has 2 heterocycles. The first-order valence-corrected chi connectivity index (χ1v) is 8.52. The summed E-state index contributed by atoms with van der Waals surface area (Å²) < 4.78 is 5.86. The van der Waals surface area contributed by atoms with Crippen LogP contribution in [0.15, 0.2) is 29.6 Å². The highest BCUT2D eigenvalue weighted by atomic mass is 32.1. The predicted molar refractivity (Wildman–Crippen MR) is 87.3 cm³/mol. The second-order valence-electron chi connectivity index (χ2n) is 5.60. The smallest absolute Gasteiger partial charge is 0.122 e. The number of nitrogens with one attached hydrogen (secondary N) is 1. The average molecular weight is 302 g/mol. The van der Waals surface area contributed by atoms with Gasteiger partial charge in [0.25, 0.3) is 0 Å². The van der Waals surface area contributed by atoms with E-state index in [1.165, 1.54) is 10.6 Å². The lowest BCUT2D eigenvalue weighted by molar-refractivity contribution is 0.296. The largest absolute Gasteiger partial charge is 0.493 e. The van der Waals surface area contributed by atoms with Crippen molar-refractivity contribution < 1.29 is 4.74 Å². The van der Waals surface area contributed by atoms with Gasteiger partial charge in [-0.1, -0.05) is 25.1 Å². The predicted octanol–water partition coefficient (Wildman–Crippen LogP) is 3.54. The van der Waals surface area contributed by atoms with Crippen molar-refractivity contribution >= 4 is 11.3 Å². The van der Waals surface area contributed by atoms with Crippen LogP contribution in [0.4, 0.5) is 0 Å². The highest BCUT2D eigenvalue weighted by molar-refractivity contribution is 7.09. The van der Waals surface area contributed by atoms with E-state index in [9.17, 15) is 0 Å². The van der Waals surface area contributed by atoms with Crippen molar-refractivity contribution in [3.63, 3.8) is 0 Å². The third-order valence-electron chi connectivity index (χ3n) is 3.94. The van der Waals surface area contributed by atoms with Crippen LogP contribution in [0.2, 0.25) is 0 Å². The summed E-state index contributed by atoms with van der Waals surface area (Å²) in [5.41, 5.74) is 2.45. The van der Waals surface area contributed by atoms with E-state index >= 15 is 0 Å². The molecule has 1 aromatic carbocycles. The van der Waals surface area contributed by atoms with Crippen molar-refractivity contribution in [2.45, 2.75) is 38.6 Å². The fourth-order valence-corrected chi connectivity index (χ4v) is 3.72. The summed E-state index contributed by atoms with van der Waals surface area (Å²) in [5, 5.41) is 7.04.